The lowest BCUT2D eigenvalue weighted by Gasteiger charge is -2.40. The van der Waals surface area contributed by atoms with Gasteiger partial charge in [-0.15, -0.1) is 0 Å². The maximum Gasteiger partial charge on any atom is 0.236 e. The quantitative estimate of drug-likeness (QED) is 0.458. The van der Waals surface area contributed by atoms with Crippen molar-refractivity contribution in [1.82, 2.24) is 19.5 Å². The highest BCUT2D eigenvalue weighted by Crippen LogP contribution is 2.36. The van der Waals surface area contributed by atoms with Crippen LogP contribution in [0.1, 0.15) is 48.7 Å². The highest BCUT2D eigenvalue weighted by Gasteiger charge is 2.44. The Balaban J connectivity index is 1.41. The number of ether oxygens (including phenoxy) is 3. The first kappa shape index (κ1) is 25.6. The van der Waals surface area contributed by atoms with Crippen LogP contribution in [0.15, 0.2) is 41.6 Å². The van der Waals surface area contributed by atoms with Crippen molar-refractivity contribution in [2.45, 2.75) is 56.2 Å². The molecule has 1 atom stereocenters. The van der Waals surface area contributed by atoms with Crippen molar-refractivity contribution < 1.29 is 23.2 Å². The molecule has 0 spiro atoms. The molecule has 0 radical (unpaired) electrons. The lowest BCUT2D eigenvalue weighted by molar-refractivity contribution is -0.206. The minimum atomic E-state index is -1.82. The summed E-state index contributed by atoms with van der Waals surface area (Å²) in [6.07, 6.45) is 4.78. The number of aryl methyl sites for hydroxylation is 1. The van der Waals surface area contributed by atoms with E-state index in [4.69, 9.17) is 14.2 Å². The van der Waals surface area contributed by atoms with E-state index in [0.717, 1.165) is 41.6 Å². The summed E-state index contributed by atoms with van der Waals surface area (Å²) in [4.78, 5) is 17.4. The molecule has 1 fully saturated rings. The summed E-state index contributed by atoms with van der Waals surface area (Å²) in [5, 5.41) is 4.84. The normalized spacial score (nSPS) is 16.8. The predicted octanol–water partition coefficient (Wildman–Crippen LogP) is 3.28. The Labute approximate surface area is 219 Å². The summed E-state index contributed by atoms with van der Waals surface area (Å²) in [5.74, 6) is 0.187. The highest BCUT2D eigenvalue weighted by molar-refractivity contribution is 7.83. The van der Waals surface area contributed by atoms with Crippen molar-refractivity contribution in [3.63, 3.8) is 0 Å². The minimum absolute atomic E-state index is 0.0240. The van der Waals surface area contributed by atoms with Crippen molar-refractivity contribution in [3.05, 3.63) is 58.9 Å². The number of benzene rings is 1. The minimum Gasteiger partial charge on any atom is -0.481 e. The fraction of sp³-hybridized carbons (Fsp3) is 0.444. The Morgan fingerprint density at radius 2 is 2.03 bits per heavy atom. The fourth-order valence-electron chi connectivity index (χ4n) is 5.11. The summed E-state index contributed by atoms with van der Waals surface area (Å²) in [6.45, 7) is 4.80. The van der Waals surface area contributed by atoms with E-state index in [-0.39, 0.29) is 23.4 Å². The maximum atomic E-state index is 13.2. The third-order valence-electron chi connectivity index (χ3n) is 7.12. The molecule has 0 bridgehead atoms. The summed E-state index contributed by atoms with van der Waals surface area (Å²) >= 11 is 0. The number of pyridine rings is 1. The van der Waals surface area contributed by atoms with E-state index in [0.29, 0.717) is 19.1 Å². The Hall–Kier alpha value is -3.08. The monoisotopic (exact) mass is 524 g/mol. The highest BCUT2D eigenvalue weighted by atomic mass is 32.2. The number of nitrogens with one attached hydrogen (secondary N) is 1. The van der Waals surface area contributed by atoms with E-state index in [9.17, 15) is 9.00 Å². The van der Waals surface area contributed by atoms with Crippen LogP contribution in [0.2, 0.25) is 0 Å². The second-order valence-electron chi connectivity index (χ2n) is 9.74. The molecular weight excluding hydrogens is 492 g/mol. The van der Waals surface area contributed by atoms with Crippen LogP contribution in [0, 0.1) is 0 Å². The van der Waals surface area contributed by atoms with E-state index in [1.807, 2.05) is 26.0 Å². The molecule has 1 N–H and O–H groups in total. The van der Waals surface area contributed by atoms with Gasteiger partial charge in [0.1, 0.15) is 0 Å². The van der Waals surface area contributed by atoms with Gasteiger partial charge in [-0.1, -0.05) is 12.1 Å². The number of carbonyl (C=O) groups is 1. The van der Waals surface area contributed by atoms with E-state index in [1.54, 1.807) is 31.2 Å². The fourth-order valence-corrected chi connectivity index (χ4v) is 5.87. The topological polar surface area (TPSA) is 105 Å². The van der Waals surface area contributed by atoms with Gasteiger partial charge in [-0.05, 0) is 67.0 Å². The van der Waals surface area contributed by atoms with E-state index < -0.39 is 16.6 Å². The van der Waals surface area contributed by atoms with Gasteiger partial charge in [-0.25, -0.2) is 9.19 Å². The van der Waals surface area contributed by atoms with Crippen molar-refractivity contribution >= 4 is 16.9 Å². The molecule has 2 aliphatic rings. The Morgan fingerprint density at radius 1 is 1.22 bits per heavy atom. The largest absolute Gasteiger partial charge is 0.481 e. The molecule has 1 aliphatic carbocycles. The van der Waals surface area contributed by atoms with E-state index in [1.165, 1.54) is 11.1 Å². The number of amides is 1. The number of rotatable bonds is 9. The Kier molecular flexibility index (Phi) is 7.15. The molecule has 1 aliphatic heterocycles. The van der Waals surface area contributed by atoms with E-state index in [2.05, 4.69) is 26.9 Å². The van der Waals surface area contributed by atoms with Crippen LogP contribution in [0.3, 0.4) is 0 Å². The van der Waals surface area contributed by atoms with Crippen molar-refractivity contribution in [2.24, 2.45) is 0 Å². The molecular formula is C27H32N4O5S. The molecule has 2 aromatic heterocycles. The van der Waals surface area contributed by atoms with Crippen LogP contribution in [0.25, 0.3) is 11.1 Å². The smallest absolute Gasteiger partial charge is 0.236 e. The summed E-state index contributed by atoms with van der Waals surface area (Å²) in [7, 11) is 1.39. The van der Waals surface area contributed by atoms with Gasteiger partial charge in [-0.3, -0.25) is 14.2 Å². The standard InChI is InChI=1S/C27H32N4O5S/c1-17(2)31-23(27(35-4)15-36-16-27)14-26(29-31)37(33)30-24(32)13-22-20-7-5-6-18(20)8-9-21(22)19-10-11-28-25(12-19)34-3/h8-12,14,17H,5-7,13,15-16H2,1-4H3,(H,30,32). The zero-order valence-corrected chi connectivity index (χ0v) is 22.4. The molecule has 5 rings (SSSR count). The zero-order chi connectivity index (χ0) is 26.2. The van der Waals surface area contributed by atoms with Gasteiger partial charge in [0.25, 0.3) is 0 Å². The zero-order valence-electron chi connectivity index (χ0n) is 21.6. The first-order valence-electron chi connectivity index (χ1n) is 12.4. The van der Waals surface area contributed by atoms with Gasteiger partial charge in [0.05, 0.1) is 32.4 Å². The molecule has 1 saturated heterocycles. The van der Waals surface area contributed by atoms with Crippen LogP contribution in [-0.4, -0.2) is 52.3 Å². The number of methoxy groups -OCH3 is 2. The lowest BCUT2D eigenvalue weighted by atomic mass is 9.91. The number of aromatic nitrogens is 3. The summed E-state index contributed by atoms with van der Waals surface area (Å²) in [5.41, 5.74) is 5.49. The molecule has 0 saturated carbocycles. The average molecular weight is 525 g/mol. The lowest BCUT2D eigenvalue weighted by Crippen LogP contribution is -2.49. The number of hydrogen-bond donors (Lipinski definition) is 1. The van der Waals surface area contributed by atoms with Crippen molar-refractivity contribution in [2.75, 3.05) is 27.4 Å². The molecule has 196 valence electrons. The Bertz CT molecular complexity index is 1340. The van der Waals surface area contributed by atoms with Crippen molar-refractivity contribution in [3.8, 4) is 17.0 Å². The second kappa shape index (κ2) is 10.4. The second-order valence-corrected chi connectivity index (χ2v) is 10.9. The molecule has 1 aromatic carbocycles. The summed E-state index contributed by atoms with van der Waals surface area (Å²) in [6, 6.07) is 9.74. The number of nitrogens with zero attached hydrogens (tertiary/aromatic N) is 3. The maximum absolute atomic E-state index is 13.2. The van der Waals surface area contributed by atoms with Gasteiger partial charge < -0.3 is 14.2 Å². The third-order valence-corrected chi connectivity index (χ3v) is 8.11. The molecule has 1 amide bonds. The average Bonchev–Trinajstić information content (AvgIpc) is 3.52. The Morgan fingerprint density at radius 3 is 2.70 bits per heavy atom. The van der Waals surface area contributed by atoms with Crippen LogP contribution in [0.5, 0.6) is 5.88 Å². The molecule has 1 unspecified atom stereocenters. The first-order chi connectivity index (χ1) is 17.8. The van der Waals surface area contributed by atoms with Gasteiger partial charge >= 0.3 is 0 Å². The number of fused-ring (bicyclic) bond motifs is 1. The molecule has 3 aromatic rings. The number of carbonyl (C=O) groups excluding carboxylic acids is 1. The van der Waals surface area contributed by atoms with Gasteiger partial charge in [0, 0.05) is 31.5 Å². The first-order valence-corrected chi connectivity index (χ1v) is 13.6. The SMILES string of the molecule is COc1cc(-c2ccc3c(c2CC(=O)NS(=O)c2cc(C4(OC)COC4)n(C(C)C)n2)CCC3)ccn1. The van der Waals surface area contributed by atoms with Gasteiger partial charge in [0.15, 0.2) is 21.6 Å². The van der Waals surface area contributed by atoms with Gasteiger partial charge in [-0.2, -0.15) is 5.10 Å². The molecule has 9 nitrogen and oxygen atoms in total. The van der Waals surface area contributed by atoms with E-state index >= 15 is 0 Å². The number of hydrogen-bond acceptors (Lipinski definition) is 7. The van der Waals surface area contributed by atoms with Crippen LogP contribution in [0.4, 0.5) is 0 Å². The van der Waals surface area contributed by atoms with Gasteiger partial charge in [0.2, 0.25) is 11.8 Å². The third kappa shape index (κ3) is 4.81. The van der Waals surface area contributed by atoms with Crippen LogP contribution >= 0.6 is 0 Å². The van der Waals surface area contributed by atoms with Crippen LogP contribution in [-0.2, 0) is 50.1 Å². The molecule has 10 heteroatoms. The molecule has 37 heavy (non-hydrogen) atoms. The molecule has 3 heterocycles. The predicted molar refractivity (Wildman–Crippen MR) is 139 cm³/mol. The van der Waals surface area contributed by atoms with Crippen LogP contribution < -0.4 is 9.46 Å². The van der Waals surface area contributed by atoms with Crippen molar-refractivity contribution in [1.29, 1.82) is 0 Å². The summed E-state index contributed by atoms with van der Waals surface area (Å²) < 4.78 is 34.1.